The Morgan fingerprint density at radius 2 is 1.81 bits per heavy atom. The molecule has 0 unspecified atom stereocenters. The number of ether oxygens (including phenoxy) is 1. The predicted molar refractivity (Wildman–Crippen MR) is 124 cm³/mol. The number of esters is 1. The van der Waals surface area contributed by atoms with Crippen molar-refractivity contribution in [1.82, 2.24) is 4.57 Å². The van der Waals surface area contributed by atoms with Crippen molar-refractivity contribution < 1.29 is 19.4 Å². The van der Waals surface area contributed by atoms with E-state index < -0.39 is 17.4 Å². The second-order valence-electron chi connectivity index (χ2n) is 7.51. The molecule has 32 heavy (non-hydrogen) atoms. The summed E-state index contributed by atoms with van der Waals surface area (Å²) in [7, 11) is 0. The third-order valence-electron chi connectivity index (χ3n) is 5.24. The molecule has 1 amide bonds. The number of fused-ring (bicyclic) bond motifs is 1. The highest BCUT2D eigenvalue weighted by atomic mass is 16.5. The smallest absolute Gasteiger partial charge is 0.338 e. The number of aromatic nitrogens is 1. The lowest BCUT2D eigenvalue weighted by molar-refractivity contribution is 0.0526. The number of aryl methyl sites for hydroxylation is 1. The van der Waals surface area contributed by atoms with Crippen LogP contribution >= 0.6 is 0 Å². The quantitative estimate of drug-likeness (QED) is 0.374. The lowest BCUT2D eigenvalue weighted by atomic mass is 10.1. The number of hydrogen-bond donors (Lipinski definition) is 2. The van der Waals surface area contributed by atoms with Crippen molar-refractivity contribution in [2.75, 3.05) is 11.9 Å². The molecule has 7 heteroatoms. The van der Waals surface area contributed by atoms with E-state index in [2.05, 4.69) is 12.2 Å². The predicted octanol–water partition coefficient (Wildman–Crippen LogP) is 4.72. The van der Waals surface area contributed by atoms with Gasteiger partial charge in [-0.3, -0.25) is 9.59 Å². The van der Waals surface area contributed by atoms with E-state index in [1.807, 2.05) is 0 Å². The first-order chi connectivity index (χ1) is 15.5. The zero-order valence-corrected chi connectivity index (χ0v) is 18.4. The maximum atomic E-state index is 13.2. The average molecular weight is 437 g/mol. The molecule has 3 aromatic rings. The number of benzene rings is 2. The summed E-state index contributed by atoms with van der Waals surface area (Å²) in [5.74, 6) is -1.59. The summed E-state index contributed by atoms with van der Waals surface area (Å²) in [5, 5.41) is 13.8. The first-order valence-corrected chi connectivity index (χ1v) is 10.9. The monoisotopic (exact) mass is 436 g/mol. The fourth-order valence-electron chi connectivity index (χ4n) is 3.64. The second kappa shape index (κ2) is 10.6. The van der Waals surface area contributed by atoms with E-state index in [9.17, 15) is 19.5 Å². The van der Waals surface area contributed by atoms with Crippen LogP contribution in [0.3, 0.4) is 0 Å². The first-order valence-electron chi connectivity index (χ1n) is 10.9. The molecule has 2 aromatic carbocycles. The Hall–Kier alpha value is -3.61. The summed E-state index contributed by atoms with van der Waals surface area (Å²) < 4.78 is 6.53. The summed E-state index contributed by atoms with van der Waals surface area (Å²) in [4.78, 5) is 38.2. The van der Waals surface area contributed by atoms with Gasteiger partial charge in [0.2, 0.25) is 0 Å². The molecular formula is C25H28N2O5. The van der Waals surface area contributed by atoms with E-state index in [1.54, 1.807) is 54.0 Å². The van der Waals surface area contributed by atoms with E-state index >= 15 is 0 Å². The average Bonchev–Trinajstić information content (AvgIpc) is 2.79. The van der Waals surface area contributed by atoms with Gasteiger partial charge in [-0.2, -0.15) is 0 Å². The fourth-order valence-corrected chi connectivity index (χ4v) is 3.64. The van der Waals surface area contributed by atoms with Crippen molar-refractivity contribution in [2.45, 2.75) is 46.1 Å². The summed E-state index contributed by atoms with van der Waals surface area (Å²) in [6, 6.07) is 13.2. The molecule has 0 aliphatic carbocycles. The number of aromatic hydroxyl groups is 1. The molecule has 0 aliphatic rings. The summed E-state index contributed by atoms with van der Waals surface area (Å²) >= 11 is 0. The number of carbonyl (C=O) groups is 2. The number of nitrogens with zero attached hydrogens (tertiary/aromatic N) is 1. The Morgan fingerprint density at radius 3 is 2.56 bits per heavy atom. The zero-order valence-electron chi connectivity index (χ0n) is 18.4. The Balaban J connectivity index is 1.97. The molecule has 1 heterocycles. The van der Waals surface area contributed by atoms with Crippen molar-refractivity contribution in [1.29, 1.82) is 0 Å². The number of anilines is 1. The topological polar surface area (TPSA) is 97.6 Å². The Kier molecular flexibility index (Phi) is 7.65. The van der Waals surface area contributed by atoms with Gasteiger partial charge in [-0.1, -0.05) is 44.4 Å². The molecule has 0 spiro atoms. The van der Waals surface area contributed by atoms with Crippen LogP contribution in [0.1, 0.15) is 60.2 Å². The van der Waals surface area contributed by atoms with Gasteiger partial charge < -0.3 is 19.7 Å². The van der Waals surface area contributed by atoms with E-state index in [-0.39, 0.29) is 23.5 Å². The Labute approximate surface area is 186 Å². The van der Waals surface area contributed by atoms with Gasteiger partial charge in [0.05, 0.1) is 17.7 Å². The molecule has 0 radical (unpaired) electrons. The van der Waals surface area contributed by atoms with Crippen LogP contribution in [0.25, 0.3) is 10.9 Å². The minimum Gasteiger partial charge on any atom is -0.506 e. The number of carbonyl (C=O) groups excluding carboxylic acids is 2. The van der Waals surface area contributed by atoms with Crippen LogP contribution < -0.4 is 10.9 Å². The van der Waals surface area contributed by atoms with Crippen LogP contribution in [0, 0.1) is 0 Å². The second-order valence-corrected chi connectivity index (χ2v) is 7.51. The SMILES string of the molecule is CCCCCCn1c(=O)c(C(=O)Nc2cccc(C(=O)OCC)c2)c(O)c2ccccc21. The molecule has 168 valence electrons. The number of para-hydroxylation sites is 1. The number of pyridine rings is 1. The van der Waals surface area contributed by atoms with Gasteiger partial charge in [0.15, 0.2) is 0 Å². The molecule has 7 nitrogen and oxygen atoms in total. The molecule has 0 aliphatic heterocycles. The highest BCUT2D eigenvalue weighted by Crippen LogP contribution is 2.27. The summed E-state index contributed by atoms with van der Waals surface area (Å²) in [6.45, 7) is 4.51. The van der Waals surface area contributed by atoms with E-state index in [0.29, 0.717) is 23.1 Å². The maximum absolute atomic E-state index is 13.2. The highest BCUT2D eigenvalue weighted by molar-refractivity contribution is 6.09. The standard InChI is InChI=1S/C25H28N2O5/c1-3-5-6-9-15-27-20-14-8-7-13-19(20)22(28)21(24(27)30)23(29)26-18-12-10-11-17(16-18)25(31)32-4-2/h7-8,10-14,16,28H,3-6,9,15H2,1-2H3,(H,26,29). The fraction of sp³-hybridized carbons (Fsp3) is 0.320. The van der Waals surface area contributed by atoms with Crippen molar-refractivity contribution in [2.24, 2.45) is 0 Å². The number of rotatable bonds is 9. The normalized spacial score (nSPS) is 10.8. The molecule has 0 fully saturated rings. The van der Waals surface area contributed by atoms with Gasteiger partial charge >= 0.3 is 5.97 Å². The molecule has 0 atom stereocenters. The molecule has 1 aromatic heterocycles. The van der Waals surface area contributed by atoms with Crippen LogP contribution in [0.2, 0.25) is 0 Å². The van der Waals surface area contributed by atoms with Crippen molar-refractivity contribution in [3.05, 3.63) is 70.0 Å². The van der Waals surface area contributed by atoms with E-state index in [0.717, 1.165) is 25.7 Å². The molecule has 0 saturated heterocycles. The molecular weight excluding hydrogens is 408 g/mol. The highest BCUT2D eigenvalue weighted by Gasteiger charge is 2.22. The minimum atomic E-state index is -0.735. The van der Waals surface area contributed by atoms with E-state index in [1.165, 1.54) is 6.07 Å². The zero-order chi connectivity index (χ0) is 23.1. The number of nitrogens with one attached hydrogen (secondary N) is 1. The van der Waals surface area contributed by atoms with E-state index in [4.69, 9.17) is 4.74 Å². The molecule has 2 N–H and O–H groups in total. The van der Waals surface area contributed by atoms with Gasteiger partial charge in [0, 0.05) is 17.6 Å². The van der Waals surface area contributed by atoms with Crippen LogP contribution in [0.15, 0.2) is 53.3 Å². The van der Waals surface area contributed by atoms with Crippen LogP contribution in [-0.2, 0) is 11.3 Å². The molecule has 0 saturated carbocycles. The third-order valence-corrected chi connectivity index (χ3v) is 5.24. The first kappa shape index (κ1) is 23.1. The van der Waals surface area contributed by atoms with Crippen molar-refractivity contribution in [3.63, 3.8) is 0 Å². The van der Waals surface area contributed by atoms with Crippen LogP contribution in [0.5, 0.6) is 5.75 Å². The van der Waals surface area contributed by atoms with Gasteiger partial charge in [-0.05, 0) is 43.7 Å². The summed E-state index contributed by atoms with van der Waals surface area (Å²) in [6.07, 6.45) is 3.91. The van der Waals surface area contributed by atoms with Crippen molar-refractivity contribution >= 4 is 28.5 Å². The van der Waals surface area contributed by atoms with Crippen LogP contribution in [0.4, 0.5) is 5.69 Å². The van der Waals surface area contributed by atoms with Gasteiger partial charge in [-0.15, -0.1) is 0 Å². The molecule has 0 bridgehead atoms. The van der Waals surface area contributed by atoms with Gasteiger partial charge in [0.25, 0.3) is 11.5 Å². The lowest BCUT2D eigenvalue weighted by Gasteiger charge is -2.15. The number of unbranched alkanes of at least 4 members (excludes halogenated alkanes) is 3. The van der Waals surface area contributed by atoms with Gasteiger partial charge in [-0.25, -0.2) is 4.79 Å². The Bertz CT molecular complexity index is 1180. The minimum absolute atomic E-state index is 0.234. The number of hydrogen-bond acceptors (Lipinski definition) is 5. The number of amides is 1. The van der Waals surface area contributed by atoms with Gasteiger partial charge in [0.1, 0.15) is 11.3 Å². The Morgan fingerprint density at radius 1 is 1.03 bits per heavy atom. The molecule has 3 rings (SSSR count). The summed E-state index contributed by atoms with van der Waals surface area (Å²) in [5.41, 5.74) is 0.326. The van der Waals surface area contributed by atoms with Crippen molar-refractivity contribution in [3.8, 4) is 5.75 Å². The van der Waals surface area contributed by atoms with Crippen LogP contribution in [-0.4, -0.2) is 28.2 Å². The third kappa shape index (κ3) is 4.99. The lowest BCUT2D eigenvalue weighted by Crippen LogP contribution is -2.30. The maximum Gasteiger partial charge on any atom is 0.338 e. The largest absolute Gasteiger partial charge is 0.506 e.